The van der Waals surface area contributed by atoms with E-state index in [-0.39, 0.29) is 31.1 Å². The summed E-state index contributed by atoms with van der Waals surface area (Å²) in [4.78, 5) is 38.1. The number of unbranched alkanes of at least 4 members (excludes halogenated alkanes) is 21. The van der Waals surface area contributed by atoms with Crippen LogP contribution in [-0.4, -0.2) is 37.2 Å². The minimum absolute atomic E-state index is 0.107. The van der Waals surface area contributed by atoms with Crippen LogP contribution in [0.15, 0.2) is 134 Å². The smallest absolute Gasteiger partial charge is 0.306 e. The van der Waals surface area contributed by atoms with Crippen LogP contribution in [0.3, 0.4) is 0 Å². The highest BCUT2D eigenvalue weighted by atomic mass is 16.6. The first-order valence-corrected chi connectivity index (χ1v) is 27.3. The van der Waals surface area contributed by atoms with Gasteiger partial charge in [-0.3, -0.25) is 14.4 Å². The molecule has 0 radical (unpaired) electrons. The maximum absolute atomic E-state index is 12.8. The molecule has 0 heterocycles. The van der Waals surface area contributed by atoms with Crippen molar-refractivity contribution in [3.05, 3.63) is 134 Å². The minimum Gasteiger partial charge on any atom is -0.462 e. The first-order valence-electron chi connectivity index (χ1n) is 27.3. The Morgan fingerprint density at radius 2 is 0.662 bits per heavy atom. The number of carbonyl (C=O) groups excluding carboxylic acids is 3. The fourth-order valence-electron chi connectivity index (χ4n) is 6.98. The number of carbonyl (C=O) groups is 3. The summed E-state index contributed by atoms with van der Waals surface area (Å²) < 4.78 is 16.8. The summed E-state index contributed by atoms with van der Waals surface area (Å²) in [6, 6.07) is 0. The Kier molecular flexibility index (Phi) is 51.5. The van der Waals surface area contributed by atoms with Crippen LogP contribution in [0.2, 0.25) is 0 Å². The van der Waals surface area contributed by atoms with E-state index in [4.69, 9.17) is 14.2 Å². The zero-order valence-corrected chi connectivity index (χ0v) is 43.6. The van der Waals surface area contributed by atoms with Gasteiger partial charge in [0.1, 0.15) is 13.2 Å². The number of allylic oxidation sites excluding steroid dienone is 22. The van der Waals surface area contributed by atoms with Crippen LogP contribution in [0.4, 0.5) is 0 Å². The van der Waals surface area contributed by atoms with E-state index in [1.54, 1.807) is 0 Å². The van der Waals surface area contributed by atoms with E-state index in [0.29, 0.717) is 19.3 Å². The number of hydrogen-bond acceptors (Lipinski definition) is 6. The van der Waals surface area contributed by atoms with Crippen LogP contribution in [0.5, 0.6) is 0 Å². The van der Waals surface area contributed by atoms with Crippen molar-refractivity contribution in [1.82, 2.24) is 0 Å². The van der Waals surface area contributed by atoms with E-state index >= 15 is 0 Å². The van der Waals surface area contributed by atoms with Crippen molar-refractivity contribution in [1.29, 1.82) is 0 Å². The summed E-state index contributed by atoms with van der Waals surface area (Å²) in [5, 5.41) is 0. The lowest BCUT2D eigenvalue weighted by Gasteiger charge is -2.18. The van der Waals surface area contributed by atoms with Crippen molar-refractivity contribution in [3.8, 4) is 0 Å². The maximum Gasteiger partial charge on any atom is 0.306 e. The van der Waals surface area contributed by atoms with Crippen LogP contribution in [0.25, 0.3) is 0 Å². The molecule has 0 bridgehead atoms. The topological polar surface area (TPSA) is 78.9 Å². The van der Waals surface area contributed by atoms with Crippen molar-refractivity contribution >= 4 is 17.9 Å². The van der Waals surface area contributed by atoms with Crippen LogP contribution in [0, 0.1) is 0 Å². The van der Waals surface area contributed by atoms with Gasteiger partial charge in [0.15, 0.2) is 6.10 Å². The lowest BCUT2D eigenvalue weighted by molar-refractivity contribution is -0.167. The van der Waals surface area contributed by atoms with Crippen molar-refractivity contribution in [2.24, 2.45) is 0 Å². The average Bonchev–Trinajstić information content (AvgIpc) is 3.34. The molecule has 0 spiro atoms. The average molecular weight is 939 g/mol. The van der Waals surface area contributed by atoms with Crippen molar-refractivity contribution < 1.29 is 28.6 Å². The molecule has 68 heavy (non-hydrogen) atoms. The molecule has 0 N–H and O–H groups in total. The summed E-state index contributed by atoms with van der Waals surface area (Å²) in [5.74, 6) is -0.967. The van der Waals surface area contributed by atoms with E-state index in [1.165, 1.54) is 57.8 Å². The van der Waals surface area contributed by atoms with E-state index in [1.807, 2.05) is 42.5 Å². The molecule has 6 heteroatoms. The lowest BCUT2D eigenvalue weighted by Crippen LogP contribution is -2.30. The number of rotatable bonds is 47. The first-order chi connectivity index (χ1) is 33.5. The lowest BCUT2D eigenvalue weighted by atomic mass is 10.1. The molecule has 0 aliphatic carbocycles. The molecule has 0 amide bonds. The Labute approximate surface area is 417 Å². The second kappa shape index (κ2) is 55.1. The molecule has 0 aromatic rings. The van der Waals surface area contributed by atoms with Gasteiger partial charge in [-0.05, 0) is 89.9 Å². The van der Waals surface area contributed by atoms with Gasteiger partial charge in [0.05, 0.1) is 0 Å². The highest BCUT2D eigenvalue weighted by Gasteiger charge is 2.19. The quantitative estimate of drug-likeness (QED) is 0.0199. The first kappa shape index (κ1) is 63.5. The van der Waals surface area contributed by atoms with E-state index in [2.05, 4.69) is 112 Å². The molecule has 0 aliphatic heterocycles. The van der Waals surface area contributed by atoms with Gasteiger partial charge in [0, 0.05) is 19.3 Å². The molecule has 1 unspecified atom stereocenters. The van der Waals surface area contributed by atoms with Gasteiger partial charge in [-0.25, -0.2) is 0 Å². The van der Waals surface area contributed by atoms with Gasteiger partial charge in [0.25, 0.3) is 0 Å². The Balaban J connectivity index is 4.53. The summed E-state index contributed by atoms with van der Waals surface area (Å²) in [5.41, 5.74) is 0. The molecule has 0 fully saturated rings. The summed E-state index contributed by atoms with van der Waals surface area (Å²) in [6.07, 6.45) is 77.1. The highest BCUT2D eigenvalue weighted by Crippen LogP contribution is 2.14. The van der Waals surface area contributed by atoms with Gasteiger partial charge >= 0.3 is 17.9 Å². The molecular formula is C62H98O6. The van der Waals surface area contributed by atoms with E-state index in [0.717, 1.165) is 122 Å². The largest absolute Gasteiger partial charge is 0.462 e. The number of ether oxygens (including phenoxy) is 3. The van der Waals surface area contributed by atoms with Gasteiger partial charge in [0.2, 0.25) is 0 Å². The van der Waals surface area contributed by atoms with E-state index in [9.17, 15) is 14.4 Å². The summed E-state index contributed by atoms with van der Waals surface area (Å²) >= 11 is 0. The van der Waals surface area contributed by atoms with Gasteiger partial charge in [-0.15, -0.1) is 0 Å². The predicted molar refractivity (Wildman–Crippen MR) is 292 cm³/mol. The Bertz CT molecular complexity index is 1500. The SMILES string of the molecule is CC\C=C/C=C\C=C/C=C\CCCCCCCC(=O)OCC(COC(=O)CCCCCCC\C=C/C=C\C=C/C=C\C=C/CCC)OC(=O)CCCCCCCCC/C=C\C/C=C\CCCCC. The predicted octanol–water partition coefficient (Wildman–Crippen LogP) is 18.3. The van der Waals surface area contributed by atoms with Gasteiger partial charge < -0.3 is 14.2 Å². The Hall–Kier alpha value is -4.45. The second-order valence-electron chi connectivity index (χ2n) is 17.6. The van der Waals surface area contributed by atoms with Crippen molar-refractivity contribution in [3.63, 3.8) is 0 Å². The molecule has 1 atom stereocenters. The molecule has 0 aromatic carbocycles. The van der Waals surface area contributed by atoms with E-state index < -0.39 is 6.10 Å². The maximum atomic E-state index is 12.8. The molecule has 382 valence electrons. The van der Waals surface area contributed by atoms with Crippen LogP contribution < -0.4 is 0 Å². The Morgan fingerprint density at radius 3 is 1.07 bits per heavy atom. The summed E-state index contributed by atoms with van der Waals surface area (Å²) in [6.45, 7) is 6.33. The zero-order valence-electron chi connectivity index (χ0n) is 43.6. The Morgan fingerprint density at radius 1 is 0.324 bits per heavy atom. The third-order valence-corrected chi connectivity index (χ3v) is 11.1. The van der Waals surface area contributed by atoms with Gasteiger partial charge in [-0.1, -0.05) is 244 Å². The molecule has 0 saturated heterocycles. The molecule has 6 nitrogen and oxygen atoms in total. The molecule has 0 saturated carbocycles. The molecular weight excluding hydrogens is 841 g/mol. The van der Waals surface area contributed by atoms with Crippen LogP contribution in [-0.2, 0) is 28.6 Å². The number of hydrogen-bond donors (Lipinski definition) is 0. The van der Waals surface area contributed by atoms with Crippen molar-refractivity contribution in [2.45, 2.75) is 226 Å². The molecule has 0 aromatic heterocycles. The number of esters is 3. The fourth-order valence-corrected chi connectivity index (χ4v) is 6.98. The van der Waals surface area contributed by atoms with Gasteiger partial charge in [-0.2, -0.15) is 0 Å². The molecule has 0 rings (SSSR count). The van der Waals surface area contributed by atoms with Crippen LogP contribution in [0.1, 0.15) is 220 Å². The van der Waals surface area contributed by atoms with Crippen molar-refractivity contribution in [2.75, 3.05) is 13.2 Å². The second-order valence-corrected chi connectivity index (χ2v) is 17.6. The third kappa shape index (κ3) is 52.5. The summed E-state index contributed by atoms with van der Waals surface area (Å²) in [7, 11) is 0. The monoisotopic (exact) mass is 939 g/mol. The zero-order chi connectivity index (χ0) is 49.3. The third-order valence-electron chi connectivity index (χ3n) is 11.1. The minimum atomic E-state index is -0.809. The van der Waals surface area contributed by atoms with Crippen LogP contribution >= 0.6 is 0 Å². The normalized spacial score (nSPS) is 13.2. The highest BCUT2D eigenvalue weighted by molar-refractivity contribution is 5.71. The molecule has 0 aliphatic rings. The fraction of sp³-hybridized carbons (Fsp3) is 0.597. The standard InChI is InChI=1S/C62H98O6/c1-4-7-10-13-16-19-22-25-28-30-32-34-37-40-43-46-49-52-55-61(64)67-58-59(57-66-60(63)54-51-48-45-42-39-36-33-27-24-21-18-15-12-9-6-3)68-62(65)56-53-50-47-44-41-38-35-31-29-26-23-20-17-14-11-8-5-2/h9-10,12-13,15-22,24-30,32-34,59H,4-8,11,14,23,31,35-58H2,1-3H3/b12-9-,13-10-,18-15-,19-16-,20-17-,24-21-,25-22-,29-26-,30-28-,33-27-,34-32-.